The van der Waals surface area contributed by atoms with Crippen LogP contribution in [0.5, 0.6) is 11.5 Å². The van der Waals surface area contributed by atoms with Gasteiger partial charge in [0.1, 0.15) is 17.2 Å². The Morgan fingerprint density at radius 2 is 1.88 bits per heavy atom. The van der Waals surface area contributed by atoms with Crippen molar-refractivity contribution in [2.24, 2.45) is 0 Å². The standard InChI is InChI=1S/C29H35ClN6O4/c1-5-17-40-21-10-8-20(9-11-21)28(38)23-12-13-32-29(33-23)34-24-18-22(31)25(19-26(24)39-4)36(16-15-35(2)3)14-6-7-27(30)37/h6-13,18-19H,5,14-17,31H2,1-4H3,(H,32,33,34)/b7-6-. The van der Waals surface area contributed by atoms with Crippen LogP contribution in [0.25, 0.3) is 0 Å². The van der Waals surface area contributed by atoms with Crippen LogP contribution in [-0.2, 0) is 4.79 Å². The number of nitrogens with two attached hydrogens (primary N) is 1. The van der Waals surface area contributed by atoms with Crippen molar-refractivity contribution in [3.63, 3.8) is 0 Å². The van der Waals surface area contributed by atoms with Gasteiger partial charge in [0.15, 0.2) is 0 Å². The molecule has 212 valence electrons. The Hall–Kier alpha value is -4.15. The number of anilines is 4. The lowest BCUT2D eigenvalue weighted by Gasteiger charge is -2.27. The van der Waals surface area contributed by atoms with Crippen molar-refractivity contribution in [2.45, 2.75) is 13.3 Å². The number of nitrogens with one attached hydrogen (secondary N) is 1. The highest BCUT2D eigenvalue weighted by Gasteiger charge is 2.17. The Labute approximate surface area is 239 Å². The highest BCUT2D eigenvalue weighted by atomic mass is 35.5. The van der Waals surface area contributed by atoms with Crippen molar-refractivity contribution in [3.8, 4) is 11.5 Å². The summed E-state index contributed by atoms with van der Waals surface area (Å²) < 4.78 is 11.2. The zero-order valence-corrected chi connectivity index (χ0v) is 23.9. The number of allylic oxidation sites excluding steroid dienone is 1. The fourth-order valence-corrected chi connectivity index (χ4v) is 3.85. The van der Waals surface area contributed by atoms with E-state index in [0.717, 1.165) is 18.7 Å². The van der Waals surface area contributed by atoms with E-state index in [-0.39, 0.29) is 17.4 Å². The first-order valence-electron chi connectivity index (χ1n) is 12.8. The molecule has 0 bridgehead atoms. The van der Waals surface area contributed by atoms with E-state index in [1.165, 1.54) is 12.3 Å². The molecule has 0 aliphatic rings. The molecule has 3 N–H and O–H groups in total. The zero-order chi connectivity index (χ0) is 29.1. The highest BCUT2D eigenvalue weighted by molar-refractivity contribution is 6.66. The van der Waals surface area contributed by atoms with E-state index in [4.69, 9.17) is 26.8 Å². The lowest BCUT2D eigenvalue weighted by molar-refractivity contribution is -0.107. The molecule has 0 saturated heterocycles. The van der Waals surface area contributed by atoms with Crippen LogP contribution in [0.3, 0.4) is 0 Å². The first-order valence-corrected chi connectivity index (χ1v) is 13.2. The number of ether oxygens (including phenoxy) is 2. The average Bonchev–Trinajstić information content (AvgIpc) is 2.94. The monoisotopic (exact) mass is 566 g/mol. The van der Waals surface area contributed by atoms with Gasteiger partial charge in [0, 0.05) is 37.5 Å². The van der Waals surface area contributed by atoms with E-state index in [1.54, 1.807) is 55.7 Å². The number of hydrogen-bond donors (Lipinski definition) is 2. The number of likely N-dealkylation sites (N-methyl/N-ethyl adjacent to an activating group) is 1. The molecule has 3 rings (SSSR count). The van der Waals surface area contributed by atoms with E-state index in [9.17, 15) is 9.59 Å². The van der Waals surface area contributed by atoms with Gasteiger partial charge in [0.25, 0.3) is 0 Å². The van der Waals surface area contributed by atoms with Crippen molar-refractivity contribution in [3.05, 3.63) is 72.1 Å². The van der Waals surface area contributed by atoms with Crippen LogP contribution in [0.1, 0.15) is 29.4 Å². The molecular weight excluding hydrogens is 532 g/mol. The number of ketones is 1. The van der Waals surface area contributed by atoms with Gasteiger partial charge >= 0.3 is 0 Å². The smallest absolute Gasteiger partial charge is 0.244 e. The van der Waals surface area contributed by atoms with Crippen LogP contribution in [-0.4, -0.2) is 73.3 Å². The maximum absolute atomic E-state index is 13.1. The summed E-state index contributed by atoms with van der Waals surface area (Å²) in [5.74, 6) is 1.18. The normalized spacial score (nSPS) is 11.1. The third kappa shape index (κ3) is 8.69. The summed E-state index contributed by atoms with van der Waals surface area (Å²) in [4.78, 5) is 37.0. The number of halogens is 1. The van der Waals surface area contributed by atoms with Crippen LogP contribution in [0.4, 0.5) is 23.0 Å². The van der Waals surface area contributed by atoms with E-state index in [0.29, 0.717) is 48.1 Å². The van der Waals surface area contributed by atoms with Crippen molar-refractivity contribution >= 4 is 45.6 Å². The minimum atomic E-state index is -0.545. The third-order valence-corrected chi connectivity index (χ3v) is 5.93. The van der Waals surface area contributed by atoms with Gasteiger partial charge in [0.05, 0.1) is 30.8 Å². The van der Waals surface area contributed by atoms with E-state index < -0.39 is 5.24 Å². The minimum Gasteiger partial charge on any atom is -0.494 e. The molecule has 3 aromatic rings. The summed E-state index contributed by atoms with van der Waals surface area (Å²) in [6.45, 7) is 4.47. The summed E-state index contributed by atoms with van der Waals surface area (Å²) >= 11 is 5.46. The molecule has 0 radical (unpaired) electrons. The summed E-state index contributed by atoms with van der Waals surface area (Å²) in [6.07, 6.45) is 5.41. The molecule has 40 heavy (non-hydrogen) atoms. The van der Waals surface area contributed by atoms with Gasteiger partial charge in [-0.1, -0.05) is 13.0 Å². The Balaban J connectivity index is 1.83. The van der Waals surface area contributed by atoms with Gasteiger partial charge in [-0.15, -0.1) is 0 Å². The molecule has 0 atom stereocenters. The molecule has 0 aliphatic carbocycles. The molecule has 0 unspecified atom stereocenters. The summed E-state index contributed by atoms with van der Waals surface area (Å²) in [6, 6.07) is 12.1. The van der Waals surface area contributed by atoms with Crippen LogP contribution >= 0.6 is 11.6 Å². The second-order valence-corrected chi connectivity index (χ2v) is 9.53. The quantitative estimate of drug-likeness (QED) is 0.117. The molecule has 0 aliphatic heterocycles. The Morgan fingerprint density at radius 3 is 2.52 bits per heavy atom. The molecular formula is C29H35ClN6O4. The first-order chi connectivity index (χ1) is 19.2. The third-order valence-electron chi connectivity index (χ3n) is 5.81. The van der Waals surface area contributed by atoms with E-state index in [1.807, 2.05) is 30.8 Å². The van der Waals surface area contributed by atoms with Gasteiger partial charge < -0.3 is 30.3 Å². The lowest BCUT2D eigenvalue weighted by Crippen LogP contribution is -2.32. The van der Waals surface area contributed by atoms with Gasteiger partial charge in [-0.25, -0.2) is 9.97 Å². The lowest BCUT2D eigenvalue weighted by atomic mass is 10.1. The maximum Gasteiger partial charge on any atom is 0.244 e. The topological polar surface area (TPSA) is 123 Å². The second-order valence-electron chi connectivity index (χ2n) is 9.16. The fourth-order valence-electron chi connectivity index (χ4n) is 3.77. The van der Waals surface area contributed by atoms with Gasteiger partial charge in [-0.2, -0.15) is 0 Å². The molecule has 0 saturated carbocycles. The van der Waals surface area contributed by atoms with Crippen LogP contribution in [0.2, 0.25) is 0 Å². The summed E-state index contributed by atoms with van der Waals surface area (Å²) in [5.41, 5.74) is 8.92. The van der Waals surface area contributed by atoms with Crippen LogP contribution < -0.4 is 25.4 Å². The number of nitrogen functional groups attached to an aromatic ring is 1. The van der Waals surface area contributed by atoms with Gasteiger partial charge in [-0.3, -0.25) is 9.59 Å². The molecule has 1 aromatic heterocycles. The largest absolute Gasteiger partial charge is 0.494 e. The summed E-state index contributed by atoms with van der Waals surface area (Å²) in [7, 11) is 5.50. The number of methoxy groups -OCH3 is 1. The van der Waals surface area contributed by atoms with E-state index >= 15 is 0 Å². The van der Waals surface area contributed by atoms with Crippen molar-refractivity contribution in [1.82, 2.24) is 14.9 Å². The van der Waals surface area contributed by atoms with Crippen molar-refractivity contribution < 1.29 is 19.1 Å². The fraction of sp³-hybridized carbons (Fsp3) is 0.310. The van der Waals surface area contributed by atoms with Crippen molar-refractivity contribution in [1.29, 1.82) is 0 Å². The minimum absolute atomic E-state index is 0.215. The molecule has 0 amide bonds. The Bertz CT molecular complexity index is 1330. The number of rotatable bonds is 15. The Morgan fingerprint density at radius 1 is 1.12 bits per heavy atom. The Kier molecular flexibility index (Phi) is 11.3. The molecule has 11 heteroatoms. The molecule has 1 heterocycles. The molecule has 10 nitrogen and oxygen atoms in total. The van der Waals surface area contributed by atoms with E-state index in [2.05, 4.69) is 15.3 Å². The number of aromatic nitrogens is 2. The SMILES string of the molecule is CCCOc1ccc(C(=O)c2ccnc(Nc3cc(N)c(N(C/C=C\C(=O)Cl)CCN(C)C)cc3OC)n2)cc1. The van der Waals surface area contributed by atoms with Gasteiger partial charge in [-0.05, 0) is 74.6 Å². The number of nitrogens with zero attached hydrogens (tertiary/aromatic N) is 4. The molecule has 0 spiro atoms. The predicted octanol–water partition coefficient (Wildman–Crippen LogP) is 4.52. The second kappa shape index (κ2) is 14.9. The van der Waals surface area contributed by atoms with Gasteiger partial charge in [0.2, 0.25) is 17.0 Å². The number of carbonyl (C=O) groups excluding carboxylic acids is 2. The van der Waals surface area contributed by atoms with Crippen molar-refractivity contribution in [2.75, 3.05) is 63.4 Å². The zero-order valence-electron chi connectivity index (χ0n) is 23.2. The molecule has 0 fully saturated rings. The molecule has 2 aromatic carbocycles. The average molecular weight is 567 g/mol. The van der Waals surface area contributed by atoms with Crippen LogP contribution in [0.15, 0.2) is 60.8 Å². The first kappa shape index (κ1) is 30.4. The number of hydrogen-bond acceptors (Lipinski definition) is 10. The van der Waals surface area contributed by atoms with Crippen LogP contribution in [0, 0.1) is 0 Å². The highest BCUT2D eigenvalue weighted by Crippen LogP contribution is 2.36. The number of carbonyl (C=O) groups is 2. The number of benzene rings is 2. The predicted molar refractivity (Wildman–Crippen MR) is 159 cm³/mol. The maximum atomic E-state index is 13.1. The summed E-state index contributed by atoms with van der Waals surface area (Å²) in [5, 5.41) is 2.57.